The Morgan fingerprint density at radius 3 is 2.42 bits per heavy atom. The molecule has 1 heterocycles. The summed E-state index contributed by atoms with van der Waals surface area (Å²) < 4.78 is 0. The molecule has 1 aliphatic heterocycles. The Morgan fingerprint density at radius 1 is 1.21 bits per heavy atom. The molecule has 0 radical (unpaired) electrons. The zero-order valence-electron chi connectivity index (χ0n) is 14.2. The van der Waals surface area contributed by atoms with Crippen LogP contribution in [-0.4, -0.2) is 59.4 Å². The summed E-state index contributed by atoms with van der Waals surface area (Å²) in [5.41, 5.74) is 1.59. The van der Waals surface area contributed by atoms with Crippen LogP contribution in [0, 0.1) is 5.92 Å². The molecular weight excluding hydrogens is 308 g/mol. The lowest BCUT2D eigenvalue weighted by molar-refractivity contribution is -0.145. The SMILES string of the molecule is CCc1ccccc1C(=O)N(C)CC(=O)N1CCC(C(=O)O)CC1. The molecule has 1 aliphatic rings. The number of likely N-dealkylation sites (tertiary alicyclic amines) is 1. The van der Waals surface area contributed by atoms with Gasteiger partial charge >= 0.3 is 5.97 Å². The molecule has 0 aromatic heterocycles. The molecule has 0 bridgehead atoms. The molecule has 2 amide bonds. The first-order chi connectivity index (χ1) is 11.4. The quantitative estimate of drug-likeness (QED) is 0.889. The Labute approximate surface area is 142 Å². The molecule has 1 N–H and O–H groups in total. The predicted molar refractivity (Wildman–Crippen MR) is 89.7 cm³/mol. The van der Waals surface area contributed by atoms with Crippen molar-refractivity contribution >= 4 is 17.8 Å². The van der Waals surface area contributed by atoms with E-state index < -0.39 is 5.97 Å². The molecule has 0 saturated carbocycles. The lowest BCUT2D eigenvalue weighted by Gasteiger charge is -2.31. The molecule has 1 saturated heterocycles. The lowest BCUT2D eigenvalue weighted by atomic mass is 9.97. The van der Waals surface area contributed by atoms with E-state index >= 15 is 0 Å². The standard InChI is InChI=1S/C18H24N2O4/c1-3-13-6-4-5-7-15(13)17(22)19(2)12-16(21)20-10-8-14(9-11-20)18(23)24/h4-7,14H,3,8-12H2,1-2H3,(H,23,24). The van der Waals surface area contributed by atoms with Gasteiger partial charge in [0.1, 0.15) is 0 Å². The van der Waals surface area contributed by atoms with E-state index in [2.05, 4.69) is 0 Å². The maximum Gasteiger partial charge on any atom is 0.306 e. The van der Waals surface area contributed by atoms with Crippen LogP contribution < -0.4 is 0 Å². The number of benzene rings is 1. The minimum atomic E-state index is -0.800. The van der Waals surface area contributed by atoms with Crippen molar-refractivity contribution in [2.24, 2.45) is 5.92 Å². The highest BCUT2D eigenvalue weighted by atomic mass is 16.4. The second-order valence-electron chi connectivity index (χ2n) is 6.17. The Morgan fingerprint density at radius 2 is 1.83 bits per heavy atom. The van der Waals surface area contributed by atoms with Crippen molar-refractivity contribution < 1.29 is 19.5 Å². The number of carboxylic acid groups (broad SMARTS) is 1. The summed E-state index contributed by atoms with van der Waals surface area (Å²) in [6.07, 6.45) is 1.70. The Balaban J connectivity index is 1.94. The van der Waals surface area contributed by atoms with Crippen LogP contribution >= 0.6 is 0 Å². The number of rotatable bonds is 5. The van der Waals surface area contributed by atoms with Gasteiger partial charge in [0.2, 0.25) is 5.91 Å². The molecule has 1 aromatic carbocycles. The van der Waals surface area contributed by atoms with Gasteiger partial charge in [-0.15, -0.1) is 0 Å². The van der Waals surface area contributed by atoms with E-state index in [-0.39, 0.29) is 24.3 Å². The van der Waals surface area contributed by atoms with E-state index in [0.29, 0.717) is 31.5 Å². The predicted octanol–water partition coefficient (Wildman–Crippen LogP) is 1.64. The molecule has 0 atom stereocenters. The molecule has 0 spiro atoms. The first-order valence-corrected chi connectivity index (χ1v) is 8.28. The van der Waals surface area contributed by atoms with Gasteiger partial charge in [-0.05, 0) is 30.9 Å². The van der Waals surface area contributed by atoms with Crippen molar-refractivity contribution in [3.8, 4) is 0 Å². The number of carbonyl (C=O) groups is 3. The van der Waals surface area contributed by atoms with Crippen LogP contribution in [0.3, 0.4) is 0 Å². The number of carboxylic acids is 1. The van der Waals surface area contributed by atoms with Crippen molar-refractivity contribution in [1.29, 1.82) is 0 Å². The van der Waals surface area contributed by atoms with Crippen LogP contribution in [0.25, 0.3) is 0 Å². The second-order valence-corrected chi connectivity index (χ2v) is 6.17. The fraction of sp³-hybridized carbons (Fsp3) is 0.500. The molecule has 2 rings (SSSR count). The van der Waals surface area contributed by atoms with Crippen molar-refractivity contribution in [3.63, 3.8) is 0 Å². The summed E-state index contributed by atoms with van der Waals surface area (Å²) in [5.74, 6) is -1.47. The summed E-state index contributed by atoms with van der Waals surface area (Å²) in [6, 6.07) is 7.41. The zero-order chi connectivity index (χ0) is 17.7. The van der Waals surface area contributed by atoms with Crippen molar-refractivity contribution in [3.05, 3.63) is 35.4 Å². The number of piperidine rings is 1. The van der Waals surface area contributed by atoms with Gasteiger partial charge in [-0.25, -0.2) is 0 Å². The molecule has 6 heteroatoms. The lowest BCUT2D eigenvalue weighted by Crippen LogP contribution is -2.45. The van der Waals surface area contributed by atoms with E-state index in [1.54, 1.807) is 18.0 Å². The van der Waals surface area contributed by atoms with Gasteiger partial charge in [-0.1, -0.05) is 25.1 Å². The van der Waals surface area contributed by atoms with Crippen LogP contribution in [0.4, 0.5) is 0 Å². The Kier molecular flexibility index (Phi) is 5.95. The third-order valence-corrected chi connectivity index (χ3v) is 4.54. The molecular formula is C18H24N2O4. The molecule has 0 aliphatic carbocycles. The van der Waals surface area contributed by atoms with Crippen molar-refractivity contribution in [1.82, 2.24) is 9.80 Å². The first kappa shape index (κ1) is 18.0. The minimum Gasteiger partial charge on any atom is -0.481 e. The summed E-state index contributed by atoms with van der Waals surface area (Å²) in [5, 5.41) is 9.00. The summed E-state index contributed by atoms with van der Waals surface area (Å²) in [7, 11) is 1.62. The third-order valence-electron chi connectivity index (χ3n) is 4.54. The van der Waals surface area contributed by atoms with Crippen LogP contribution in [-0.2, 0) is 16.0 Å². The fourth-order valence-corrected chi connectivity index (χ4v) is 2.99. The van der Waals surface area contributed by atoms with Crippen molar-refractivity contribution in [2.75, 3.05) is 26.7 Å². The molecule has 1 aromatic rings. The third kappa shape index (κ3) is 4.13. The number of nitrogens with zero attached hydrogens (tertiary/aromatic N) is 2. The second kappa shape index (κ2) is 7.95. The molecule has 1 fully saturated rings. The number of aryl methyl sites for hydroxylation is 1. The highest BCUT2D eigenvalue weighted by Crippen LogP contribution is 2.18. The first-order valence-electron chi connectivity index (χ1n) is 8.28. The average molecular weight is 332 g/mol. The maximum atomic E-state index is 12.6. The highest BCUT2D eigenvalue weighted by Gasteiger charge is 2.28. The van der Waals surface area contributed by atoms with Crippen molar-refractivity contribution in [2.45, 2.75) is 26.2 Å². The number of carbonyl (C=O) groups excluding carboxylic acids is 2. The van der Waals surface area contributed by atoms with E-state index in [0.717, 1.165) is 12.0 Å². The van der Waals surface area contributed by atoms with Crippen LogP contribution in [0.15, 0.2) is 24.3 Å². The van der Waals surface area contributed by atoms with Crippen LogP contribution in [0.1, 0.15) is 35.7 Å². The summed E-state index contributed by atoms with van der Waals surface area (Å²) >= 11 is 0. The van der Waals surface area contributed by atoms with Gasteiger partial charge in [-0.3, -0.25) is 14.4 Å². The Bertz CT molecular complexity index is 621. The van der Waals surface area contributed by atoms with E-state index in [1.165, 1.54) is 4.90 Å². The Hall–Kier alpha value is -2.37. The highest BCUT2D eigenvalue weighted by molar-refractivity contribution is 5.97. The summed E-state index contributed by atoms with van der Waals surface area (Å²) in [4.78, 5) is 39.0. The largest absolute Gasteiger partial charge is 0.481 e. The van der Waals surface area contributed by atoms with E-state index in [1.807, 2.05) is 25.1 Å². The van der Waals surface area contributed by atoms with Gasteiger partial charge < -0.3 is 14.9 Å². The topological polar surface area (TPSA) is 77.9 Å². The van der Waals surface area contributed by atoms with Gasteiger partial charge in [0, 0.05) is 25.7 Å². The maximum absolute atomic E-state index is 12.6. The minimum absolute atomic E-state index is 0.00855. The number of hydrogen-bond acceptors (Lipinski definition) is 3. The van der Waals surface area contributed by atoms with Crippen LogP contribution in [0.2, 0.25) is 0 Å². The molecule has 6 nitrogen and oxygen atoms in total. The van der Waals surface area contributed by atoms with E-state index in [4.69, 9.17) is 5.11 Å². The average Bonchev–Trinajstić information content (AvgIpc) is 2.60. The number of likely N-dealkylation sites (N-methyl/N-ethyl adjacent to an activating group) is 1. The number of aliphatic carboxylic acids is 1. The zero-order valence-corrected chi connectivity index (χ0v) is 14.2. The molecule has 24 heavy (non-hydrogen) atoms. The van der Waals surface area contributed by atoms with Gasteiger partial charge in [-0.2, -0.15) is 0 Å². The van der Waals surface area contributed by atoms with Gasteiger partial charge in [0.25, 0.3) is 5.91 Å². The fourth-order valence-electron chi connectivity index (χ4n) is 2.99. The normalized spacial score (nSPS) is 15.2. The monoisotopic (exact) mass is 332 g/mol. The van der Waals surface area contributed by atoms with Gasteiger partial charge in [0.05, 0.1) is 12.5 Å². The number of hydrogen-bond donors (Lipinski definition) is 1. The number of amides is 2. The molecule has 0 unspecified atom stereocenters. The molecule has 130 valence electrons. The van der Waals surface area contributed by atoms with E-state index in [9.17, 15) is 14.4 Å². The van der Waals surface area contributed by atoms with Crippen LogP contribution in [0.5, 0.6) is 0 Å². The summed E-state index contributed by atoms with van der Waals surface area (Å²) in [6.45, 7) is 2.87. The van der Waals surface area contributed by atoms with Gasteiger partial charge in [0.15, 0.2) is 0 Å². The smallest absolute Gasteiger partial charge is 0.306 e.